The number of hydrogen-bond donors (Lipinski definition) is 1. The van der Waals surface area contributed by atoms with E-state index in [4.69, 9.17) is 4.74 Å². The maximum absolute atomic E-state index is 12.1. The standard InChI is InChI=1S/C19H22BrNO2S/c1-19(2,3)13-8-9-17(16(20)10-13)23-12-18(22)21-14-6-5-7-15(11-14)24-4/h5-11H,12H2,1-4H3,(H,21,22). The van der Waals surface area contributed by atoms with Gasteiger partial charge in [-0.15, -0.1) is 11.8 Å². The maximum atomic E-state index is 12.1. The summed E-state index contributed by atoms with van der Waals surface area (Å²) in [6.45, 7) is 6.44. The molecule has 0 saturated carbocycles. The second-order valence-electron chi connectivity index (χ2n) is 6.46. The summed E-state index contributed by atoms with van der Waals surface area (Å²) in [7, 11) is 0. The summed E-state index contributed by atoms with van der Waals surface area (Å²) >= 11 is 5.15. The van der Waals surface area contributed by atoms with Gasteiger partial charge in [0.25, 0.3) is 5.91 Å². The van der Waals surface area contributed by atoms with Gasteiger partial charge in [-0.05, 0) is 63.5 Å². The Hall–Kier alpha value is -1.46. The first-order valence-electron chi connectivity index (χ1n) is 7.66. The summed E-state index contributed by atoms with van der Waals surface area (Å²) in [5.74, 6) is 0.482. The molecule has 0 saturated heterocycles. The van der Waals surface area contributed by atoms with Crippen LogP contribution >= 0.6 is 27.7 Å². The van der Waals surface area contributed by atoms with Crippen LogP contribution in [0.5, 0.6) is 5.75 Å². The quantitative estimate of drug-likeness (QED) is 0.666. The summed E-state index contributed by atoms with van der Waals surface area (Å²) in [4.78, 5) is 13.2. The maximum Gasteiger partial charge on any atom is 0.262 e. The van der Waals surface area contributed by atoms with E-state index in [1.54, 1.807) is 11.8 Å². The van der Waals surface area contributed by atoms with Crippen LogP contribution in [0, 0.1) is 0 Å². The molecule has 0 bridgehead atoms. The fourth-order valence-electron chi connectivity index (χ4n) is 2.13. The highest BCUT2D eigenvalue weighted by atomic mass is 79.9. The first-order chi connectivity index (χ1) is 11.3. The van der Waals surface area contributed by atoms with Gasteiger partial charge < -0.3 is 10.1 Å². The Labute approximate surface area is 156 Å². The van der Waals surface area contributed by atoms with Crippen LogP contribution in [0.15, 0.2) is 51.8 Å². The Balaban J connectivity index is 1.96. The lowest BCUT2D eigenvalue weighted by molar-refractivity contribution is -0.118. The number of ether oxygens (including phenoxy) is 1. The minimum atomic E-state index is -0.181. The van der Waals surface area contributed by atoms with Crippen molar-refractivity contribution in [2.75, 3.05) is 18.2 Å². The predicted octanol–water partition coefficient (Wildman–Crippen LogP) is 5.49. The van der Waals surface area contributed by atoms with E-state index in [0.717, 1.165) is 15.1 Å². The Morgan fingerprint density at radius 1 is 1.21 bits per heavy atom. The number of nitrogens with one attached hydrogen (secondary N) is 1. The van der Waals surface area contributed by atoms with Gasteiger partial charge in [-0.1, -0.05) is 32.9 Å². The summed E-state index contributed by atoms with van der Waals surface area (Å²) in [6, 6.07) is 13.7. The third-order valence-corrected chi connectivity index (χ3v) is 4.86. The van der Waals surface area contributed by atoms with Crippen LogP contribution in [0.4, 0.5) is 5.69 Å². The van der Waals surface area contributed by atoms with Crippen molar-refractivity contribution in [2.45, 2.75) is 31.1 Å². The molecule has 1 amide bonds. The van der Waals surface area contributed by atoms with E-state index in [1.165, 1.54) is 5.56 Å². The third kappa shape index (κ3) is 5.28. The van der Waals surface area contributed by atoms with E-state index in [1.807, 2.05) is 48.7 Å². The van der Waals surface area contributed by atoms with Crippen molar-refractivity contribution in [1.82, 2.24) is 0 Å². The Morgan fingerprint density at radius 2 is 1.96 bits per heavy atom. The molecule has 2 rings (SSSR count). The van der Waals surface area contributed by atoms with Crippen LogP contribution < -0.4 is 10.1 Å². The zero-order valence-electron chi connectivity index (χ0n) is 14.4. The van der Waals surface area contributed by atoms with Crippen LogP contribution in [0.1, 0.15) is 26.3 Å². The highest BCUT2D eigenvalue weighted by Gasteiger charge is 2.15. The molecule has 3 nitrogen and oxygen atoms in total. The van der Waals surface area contributed by atoms with E-state index in [-0.39, 0.29) is 17.9 Å². The lowest BCUT2D eigenvalue weighted by Crippen LogP contribution is -2.20. The molecule has 0 atom stereocenters. The molecule has 0 heterocycles. The number of rotatable bonds is 5. The molecule has 1 N–H and O–H groups in total. The molecule has 0 aromatic heterocycles. The number of anilines is 1. The summed E-state index contributed by atoms with van der Waals surface area (Å²) in [5, 5.41) is 2.85. The molecular formula is C19H22BrNO2S. The van der Waals surface area contributed by atoms with Crippen molar-refractivity contribution < 1.29 is 9.53 Å². The number of halogens is 1. The topological polar surface area (TPSA) is 38.3 Å². The lowest BCUT2D eigenvalue weighted by atomic mass is 9.87. The van der Waals surface area contributed by atoms with Gasteiger partial charge in [0.15, 0.2) is 6.61 Å². The molecule has 0 radical (unpaired) electrons. The minimum absolute atomic E-state index is 0.0308. The van der Waals surface area contributed by atoms with Crippen molar-refractivity contribution in [3.8, 4) is 5.75 Å². The average molecular weight is 408 g/mol. The highest BCUT2D eigenvalue weighted by Crippen LogP contribution is 2.31. The van der Waals surface area contributed by atoms with Crippen LogP contribution in [0.25, 0.3) is 0 Å². The molecule has 0 fully saturated rings. The van der Waals surface area contributed by atoms with Crippen LogP contribution in [-0.4, -0.2) is 18.8 Å². The van der Waals surface area contributed by atoms with Gasteiger partial charge in [0.05, 0.1) is 4.47 Å². The van der Waals surface area contributed by atoms with E-state index in [0.29, 0.717) is 5.75 Å². The predicted molar refractivity (Wildman–Crippen MR) is 105 cm³/mol. The number of benzene rings is 2. The number of carbonyl (C=O) groups is 1. The first-order valence-corrected chi connectivity index (χ1v) is 9.68. The Kier molecular flexibility index (Phi) is 6.35. The van der Waals surface area contributed by atoms with Gasteiger partial charge in [-0.3, -0.25) is 4.79 Å². The Morgan fingerprint density at radius 3 is 2.58 bits per heavy atom. The molecule has 128 valence electrons. The van der Waals surface area contributed by atoms with Crippen molar-refractivity contribution in [3.05, 3.63) is 52.5 Å². The van der Waals surface area contributed by atoms with E-state index >= 15 is 0 Å². The number of carbonyl (C=O) groups excluding carboxylic acids is 1. The molecule has 24 heavy (non-hydrogen) atoms. The summed E-state index contributed by atoms with van der Waals surface area (Å²) in [6.07, 6.45) is 2.00. The second-order valence-corrected chi connectivity index (χ2v) is 8.20. The fraction of sp³-hybridized carbons (Fsp3) is 0.316. The second kappa shape index (κ2) is 8.08. The van der Waals surface area contributed by atoms with Crippen molar-refractivity contribution in [1.29, 1.82) is 0 Å². The van der Waals surface area contributed by atoms with Crippen molar-refractivity contribution >= 4 is 39.3 Å². The SMILES string of the molecule is CSc1cccc(NC(=O)COc2ccc(C(C)(C)C)cc2Br)c1. The molecular weight excluding hydrogens is 386 g/mol. The smallest absolute Gasteiger partial charge is 0.262 e. The normalized spacial score (nSPS) is 11.2. The van der Waals surface area contributed by atoms with Gasteiger partial charge in [0.2, 0.25) is 0 Å². The largest absolute Gasteiger partial charge is 0.483 e. The third-order valence-electron chi connectivity index (χ3n) is 3.51. The molecule has 5 heteroatoms. The summed E-state index contributed by atoms with van der Waals surface area (Å²) in [5.41, 5.74) is 2.05. The van der Waals surface area contributed by atoms with Gasteiger partial charge >= 0.3 is 0 Å². The van der Waals surface area contributed by atoms with Crippen molar-refractivity contribution in [3.63, 3.8) is 0 Å². The van der Waals surface area contributed by atoms with E-state index in [9.17, 15) is 4.79 Å². The zero-order valence-corrected chi connectivity index (χ0v) is 16.8. The monoisotopic (exact) mass is 407 g/mol. The van der Waals surface area contributed by atoms with Crippen molar-refractivity contribution in [2.24, 2.45) is 0 Å². The summed E-state index contributed by atoms with van der Waals surface area (Å²) < 4.78 is 6.48. The van der Waals surface area contributed by atoms with Gasteiger partial charge in [-0.2, -0.15) is 0 Å². The molecule has 2 aromatic carbocycles. The minimum Gasteiger partial charge on any atom is -0.483 e. The Bertz CT molecular complexity index is 726. The number of hydrogen-bond acceptors (Lipinski definition) is 3. The number of amides is 1. The molecule has 0 aliphatic rings. The van der Waals surface area contributed by atoms with Gasteiger partial charge in [0.1, 0.15) is 5.75 Å². The van der Waals surface area contributed by atoms with Crippen LogP contribution in [0.2, 0.25) is 0 Å². The van der Waals surface area contributed by atoms with Crippen LogP contribution in [-0.2, 0) is 10.2 Å². The molecule has 0 spiro atoms. The highest BCUT2D eigenvalue weighted by molar-refractivity contribution is 9.10. The number of thioether (sulfide) groups is 1. The van der Waals surface area contributed by atoms with E-state index < -0.39 is 0 Å². The fourth-order valence-corrected chi connectivity index (χ4v) is 3.08. The van der Waals surface area contributed by atoms with E-state index in [2.05, 4.69) is 42.0 Å². The van der Waals surface area contributed by atoms with Crippen LogP contribution in [0.3, 0.4) is 0 Å². The molecule has 2 aromatic rings. The zero-order chi connectivity index (χ0) is 17.7. The lowest BCUT2D eigenvalue weighted by Gasteiger charge is -2.20. The average Bonchev–Trinajstić information content (AvgIpc) is 2.53. The van der Waals surface area contributed by atoms with Gasteiger partial charge in [-0.25, -0.2) is 0 Å². The van der Waals surface area contributed by atoms with Gasteiger partial charge in [0, 0.05) is 10.6 Å². The molecule has 0 unspecified atom stereocenters. The molecule has 0 aliphatic heterocycles. The first kappa shape index (κ1) is 18.9. The molecule has 0 aliphatic carbocycles.